The molecular weight excluding hydrogens is 340 g/mol. The van der Waals surface area contributed by atoms with Crippen LogP contribution in [0.15, 0.2) is 29.2 Å². The predicted octanol–water partition coefficient (Wildman–Crippen LogP) is 2.47. The highest BCUT2D eigenvalue weighted by molar-refractivity contribution is 7.89. The third-order valence-corrected chi connectivity index (χ3v) is 7.01. The number of carbonyl (C=O) groups is 1. The number of amides is 1. The molecule has 2 saturated heterocycles. The first kappa shape index (κ1) is 18.4. The number of ether oxygens (including phenoxy) is 1. The molecule has 3 rings (SSSR count). The molecule has 0 bridgehead atoms. The molecule has 0 spiro atoms. The van der Waals surface area contributed by atoms with E-state index in [0.717, 1.165) is 25.7 Å². The van der Waals surface area contributed by atoms with E-state index in [4.69, 9.17) is 4.74 Å². The first-order chi connectivity index (χ1) is 12.0. The van der Waals surface area contributed by atoms with Crippen molar-refractivity contribution in [2.24, 2.45) is 11.8 Å². The van der Waals surface area contributed by atoms with E-state index in [0.29, 0.717) is 37.9 Å². The van der Waals surface area contributed by atoms with Crippen molar-refractivity contribution in [3.05, 3.63) is 24.3 Å². The van der Waals surface area contributed by atoms with E-state index in [2.05, 4.69) is 12.2 Å². The SMILES string of the molecule is CC1CCN(S(=O)(=O)c2ccc(NC(=O)C3CCOCC3)cc2)CC1. The minimum absolute atomic E-state index is 0.0241. The van der Waals surface area contributed by atoms with Gasteiger partial charge in [0.1, 0.15) is 0 Å². The van der Waals surface area contributed by atoms with Crippen LogP contribution in [0.1, 0.15) is 32.6 Å². The monoisotopic (exact) mass is 366 g/mol. The van der Waals surface area contributed by atoms with Gasteiger partial charge >= 0.3 is 0 Å². The van der Waals surface area contributed by atoms with Crippen LogP contribution in [0.2, 0.25) is 0 Å². The number of carbonyl (C=O) groups excluding carboxylic acids is 1. The molecule has 2 fully saturated rings. The number of nitrogens with zero attached hydrogens (tertiary/aromatic N) is 1. The van der Waals surface area contributed by atoms with Gasteiger partial charge in [0, 0.05) is 37.9 Å². The van der Waals surface area contributed by atoms with Gasteiger partial charge in [0.25, 0.3) is 0 Å². The van der Waals surface area contributed by atoms with Crippen molar-refractivity contribution in [1.29, 1.82) is 0 Å². The number of piperidine rings is 1. The Morgan fingerprint density at radius 3 is 2.28 bits per heavy atom. The molecule has 1 aromatic carbocycles. The number of rotatable bonds is 4. The van der Waals surface area contributed by atoms with Crippen molar-refractivity contribution in [3.8, 4) is 0 Å². The minimum atomic E-state index is -3.45. The first-order valence-corrected chi connectivity index (χ1v) is 10.4. The number of hydrogen-bond acceptors (Lipinski definition) is 4. The Morgan fingerprint density at radius 2 is 1.68 bits per heavy atom. The molecule has 2 aliphatic rings. The van der Waals surface area contributed by atoms with Crippen molar-refractivity contribution in [2.75, 3.05) is 31.6 Å². The molecule has 2 heterocycles. The summed E-state index contributed by atoms with van der Waals surface area (Å²) in [6.45, 7) is 4.53. The van der Waals surface area contributed by atoms with E-state index in [9.17, 15) is 13.2 Å². The zero-order valence-corrected chi connectivity index (χ0v) is 15.4. The third kappa shape index (κ3) is 4.40. The number of hydrogen-bond donors (Lipinski definition) is 1. The van der Waals surface area contributed by atoms with Gasteiger partial charge in [0.05, 0.1) is 4.90 Å². The summed E-state index contributed by atoms with van der Waals surface area (Å²) in [5, 5.41) is 2.87. The maximum Gasteiger partial charge on any atom is 0.243 e. The quantitative estimate of drug-likeness (QED) is 0.888. The van der Waals surface area contributed by atoms with Crippen LogP contribution in [0.5, 0.6) is 0 Å². The lowest BCUT2D eigenvalue weighted by Crippen LogP contribution is -2.37. The molecule has 0 aromatic heterocycles. The second kappa shape index (κ2) is 7.85. The van der Waals surface area contributed by atoms with Crippen molar-refractivity contribution < 1.29 is 17.9 Å². The average molecular weight is 366 g/mol. The zero-order chi connectivity index (χ0) is 17.9. The molecule has 6 nitrogen and oxygen atoms in total. The van der Waals surface area contributed by atoms with Gasteiger partial charge in [-0.25, -0.2) is 8.42 Å². The maximum atomic E-state index is 12.7. The second-order valence-corrected chi connectivity index (χ2v) is 8.92. The summed E-state index contributed by atoms with van der Waals surface area (Å²) in [7, 11) is -3.45. The fourth-order valence-electron chi connectivity index (χ4n) is 3.29. The van der Waals surface area contributed by atoms with Crippen LogP contribution in [0.4, 0.5) is 5.69 Å². The van der Waals surface area contributed by atoms with Crippen molar-refractivity contribution >= 4 is 21.6 Å². The van der Waals surface area contributed by atoms with Crippen molar-refractivity contribution in [3.63, 3.8) is 0 Å². The summed E-state index contributed by atoms with van der Waals surface area (Å²) in [4.78, 5) is 12.5. The lowest BCUT2D eigenvalue weighted by Gasteiger charge is -2.29. The van der Waals surface area contributed by atoms with Gasteiger partial charge in [-0.15, -0.1) is 0 Å². The molecule has 1 aromatic rings. The van der Waals surface area contributed by atoms with Gasteiger partial charge in [-0.1, -0.05) is 6.92 Å². The van der Waals surface area contributed by atoms with E-state index in [1.54, 1.807) is 28.6 Å². The van der Waals surface area contributed by atoms with E-state index in [1.165, 1.54) is 0 Å². The van der Waals surface area contributed by atoms with E-state index in [-0.39, 0.29) is 16.7 Å². The van der Waals surface area contributed by atoms with E-state index in [1.807, 2.05) is 0 Å². The van der Waals surface area contributed by atoms with Crippen LogP contribution >= 0.6 is 0 Å². The maximum absolute atomic E-state index is 12.7. The van der Waals surface area contributed by atoms with Gasteiger partial charge in [-0.05, 0) is 55.9 Å². The second-order valence-electron chi connectivity index (χ2n) is 6.99. The molecule has 1 N–H and O–H groups in total. The average Bonchev–Trinajstić information content (AvgIpc) is 2.63. The highest BCUT2D eigenvalue weighted by Crippen LogP contribution is 2.25. The molecule has 2 aliphatic heterocycles. The molecule has 0 atom stereocenters. The summed E-state index contributed by atoms with van der Waals surface area (Å²) in [5.74, 6) is 0.519. The lowest BCUT2D eigenvalue weighted by atomic mass is 9.99. The van der Waals surface area contributed by atoms with Gasteiger partial charge in [0.2, 0.25) is 15.9 Å². The Labute approximate surface area is 149 Å². The number of sulfonamides is 1. The lowest BCUT2D eigenvalue weighted by molar-refractivity contribution is -0.122. The summed E-state index contributed by atoms with van der Waals surface area (Å²) in [6.07, 6.45) is 3.26. The smallest absolute Gasteiger partial charge is 0.243 e. The molecule has 0 radical (unpaired) electrons. The molecule has 138 valence electrons. The Hall–Kier alpha value is -1.44. The van der Waals surface area contributed by atoms with Crippen LogP contribution in [-0.2, 0) is 19.6 Å². The van der Waals surface area contributed by atoms with Gasteiger partial charge in [-0.2, -0.15) is 4.31 Å². The Morgan fingerprint density at radius 1 is 1.08 bits per heavy atom. The van der Waals surface area contributed by atoms with Gasteiger partial charge in [-0.3, -0.25) is 4.79 Å². The van der Waals surface area contributed by atoms with Crippen LogP contribution < -0.4 is 5.32 Å². The predicted molar refractivity (Wildman–Crippen MR) is 95.8 cm³/mol. The normalized spacial score (nSPS) is 21.2. The van der Waals surface area contributed by atoms with Crippen molar-refractivity contribution in [1.82, 2.24) is 4.31 Å². The van der Waals surface area contributed by atoms with E-state index < -0.39 is 10.0 Å². The zero-order valence-electron chi connectivity index (χ0n) is 14.6. The number of nitrogens with one attached hydrogen (secondary N) is 1. The third-order valence-electron chi connectivity index (χ3n) is 5.09. The fourth-order valence-corrected chi connectivity index (χ4v) is 4.76. The van der Waals surface area contributed by atoms with E-state index >= 15 is 0 Å². The van der Waals surface area contributed by atoms with Crippen LogP contribution in [-0.4, -0.2) is 44.9 Å². The molecule has 25 heavy (non-hydrogen) atoms. The Kier molecular flexibility index (Phi) is 5.76. The minimum Gasteiger partial charge on any atom is -0.381 e. The topological polar surface area (TPSA) is 75.7 Å². The van der Waals surface area contributed by atoms with Crippen LogP contribution in [0, 0.1) is 11.8 Å². The van der Waals surface area contributed by atoms with Crippen LogP contribution in [0.3, 0.4) is 0 Å². The molecule has 7 heteroatoms. The summed E-state index contributed by atoms with van der Waals surface area (Å²) >= 11 is 0. The van der Waals surface area contributed by atoms with Crippen molar-refractivity contribution in [2.45, 2.75) is 37.5 Å². The fraction of sp³-hybridized carbons (Fsp3) is 0.611. The first-order valence-electron chi connectivity index (χ1n) is 8.95. The summed E-state index contributed by atoms with van der Waals surface area (Å²) in [6, 6.07) is 6.48. The standard InChI is InChI=1S/C18H26N2O4S/c1-14-6-10-20(11-7-14)25(22,23)17-4-2-16(3-5-17)19-18(21)15-8-12-24-13-9-15/h2-5,14-15H,6-13H2,1H3,(H,19,21). The molecule has 0 saturated carbocycles. The molecule has 1 amide bonds. The Balaban J connectivity index is 1.64. The van der Waals surface area contributed by atoms with Gasteiger partial charge < -0.3 is 10.1 Å². The largest absolute Gasteiger partial charge is 0.381 e. The van der Waals surface area contributed by atoms with Crippen LogP contribution in [0.25, 0.3) is 0 Å². The summed E-state index contributed by atoms with van der Waals surface area (Å²) < 4.78 is 32.2. The number of anilines is 1. The molecule has 0 aliphatic carbocycles. The highest BCUT2D eigenvalue weighted by atomic mass is 32.2. The molecular formula is C18H26N2O4S. The summed E-state index contributed by atoms with van der Waals surface area (Å²) in [5.41, 5.74) is 0.628. The highest BCUT2D eigenvalue weighted by Gasteiger charge is 2.28. The number of benzene rings is 1. The molecule has 0 unspecified atom stereocenters. The Bertz CT molecular complexity index is 688. The van der Waals surface area contributed by atoms with Gasteiger partial charge in [0.15, 0.2) is 0 Å².